The van der Waals surface area contributed by atoms with Gasteiger partial charge in [-0.3, -0.25) is 9.69 Å². The van der Waals surface area contributed by atoms with E-state index in [4.69, 9.17) is 4.74 Å². The van der Waals surface area contributed by atoms with Crippen LogP contribution in [0.1, 0.15) is 5.56 Å². The summed E-state index contributed by atoms with van der Waals surface area (Å²) in [6, 6.07) is 4.74. The number of nitrogens with zero attached hydrogens (tertiary/aromatic N) is 2. The highest BCUT2D eigenvalue weighted by Crippen LogP contribution is 2.43. The summed E-state index contributed by atoms with van der Waals surface area (Å²) in [6.07, 6.45) is -3.64. The number of methoxy groups -OCH3 is 1. The largest absolute Gasteiger partial charge is 0.586 e. The highest BCUT2D eigenvalue weighted by molar-refractivity contribution is 5.80. The van der Waals surface area contributed by atoms with E-state index in [1.807, 2.05) is 4.90 Å². The number of benzene rings is 1. The van der Waals surface area contributed by atoms with Gasteiger partial charge < -0.3 is 19.1 Å². The van der Waals surface area contributed by atoms with Gasteiger partial charge in [-0.2, -0.15) is 0 Å². The number of hydrogen-bond donors (Lipinski definition) is 0. The van der Waals surface area contributed by atoms with Gasteiger partial charge in [0.25, 0.3) is 0 Å². The third kappa shape index (κ3) is 2.97. The zero-order valence-corrected chi connectivity index (χ0v) is 12.1. The van der Waals surface area contributed by atoms with Gasteiger partial charge in [-0.05, 0) is 6.07 Å². The van der Waals surface area contributed by atoms with Gasteiger partial charge in [-0.1, -0.05) is 12.1 Å². The minimum Gasteiger partial charge on any atom is -0.395 e. The zero-order chi connectivity index (χ0) is 15.7. The quantitative estimate of drug-likeness (QED) is 0.819. The fourth-order valence-electron chi connectivity index (χ4n) is 2.55. The van der Waals surface area contributed by atoms with E-state index in [9.17, 15) is 13.6 Å². The molecule has 0 saturated carbocycles. The van der Waals surface area contributed by atoms with Crippen LogP contribution in [0.15, 0.2) is 18.2 Å². The van der Waals surface area contributed by atoms with E-state index in [2.05, 4.69) is 9.47 Å². The Kier molecular flexibility index (Phi) is 3.88. The van der Waals surface area contributed by atoms with E-state index in [-0.39, 0.29) is 24.0 Å². The maximum absolute atomic E-state index is 13.2. The molecule has 0 spiro atoms. The summed E-state index contributed by atoms with van der Waals surface area (Å²) in [4.78, 5) is 15.4. The van der Waals surface area contributed by atoms with Crippen molar-refractivity contribution in [3.63, 3.8) is 0 Å². The van der Waals surface area contributed by atoms with Crippen molar-refractivity contribution in [3.8, 4) is 11.5 Å². The first-order valence-corrected chi connectivity index (χ1v) is 6.85. The van der Waals surface area contributed by atoms with Crippen LogP contribution in [-0.4, -0.2) is 55.5 Å². The molecule has 2 aliphatic heterocycles. The Bertz CT molecular complexity index is 582. The Morgan fingerprint density at radius 2 is 2.18 bits per heavy atom. The van der Waals surface area contributed by atoms with Gasteiger partial charge in [0.05, 0.1) is 19.8 Å². The molecule has 8 heteroatoms. The van der Waals surface area contributed by atoms with Crippen LogP contribution in [0, 0.1) is 0 Å². The van der Waals surface area contributed by atoms with Crippen molar-refractivity contribution in [2.45, 2.75) is 12.8 Å². The Morgan fingerprint density at radius 3 is 2.95 bits per heavy atom. The molecule has 0 unspecified atom stereocenters. The minimum absolute atomic E-state index is 0.00729. The van der Waals surface area contributed by atoms with Gasteiger partial charge in [-0.25, -0.2) is 0 Å². The van der Waals surface area contributed by atoms with Crippen molar-refractivity contribution in [1.82, 2.24) is 9.80 Å². The van der Waals surface area contributed by atoms with E-state index in [1.165, 1.54) is 6.07 Å². The average Bonchev–Trinajstić information content (AvgIpc) is 2.95. The van der Waals surface area contributed by atoms with Crippen LogP contribution in [0.4, 0.5) is 8.78 Å². The number of para-hydroxylation sites is 1. The lowest BCUT2D eigenvalue weighted by Gasteiger charge is -2.18. The normalized spacial score (nSPS) is 20.0. The fraction of sp³-hybridized carbons (Fsp3) is 0.500. The second-order valence-electron chi connectivity index (χ2n) is 5.19. The molecule has 1 saturated heterocycles. The van der Waals surface area contributed by atoms with Crippen molar-refractivity contribution in [2.75, 3.05) is 33.5 Å². The van der Waals surface area contributed by atoms with E-state index in [0.29, 0.717) is 31.9 Å². The van der Waals surface area contributed by atoms with Crippen LogP contribution in [0.25, 0.3) is 0 Å². The Morgan fingerprint density at radius 1 is 1.36 bits per heavy atom. The molecule has 0 N–H and O–H groups in total. The molecule has 0 atom stereocenters. The smallest absolute Gasteiger partial charge is 0.395 e. The molecule has 0 bridgehead atoms. The molecule has 0 aliphatic carbocycles. The van der Waals surface area contributed by atoms with Gasteiger partial charge in [0.2, 0.25) is 5.91 Å². The molecule has 6 nitrogen and oxygen atoms in total. The number of hydrogen-bond acceptors (Lipinski definition) is 5. The molecule has 1 aromatic carbocycles. The highest BCUT2D eigenvalue weighted by atomic mass is 19.3. The highest BCUT2D eigenvalue weighted by Gasteiger charge is 2.44. The molecule has 0 radical (unpaired) electrons. The van der Waals surface area contributed by atoms with Gasteiger partial charge in [0, 0.05) is 25.8 Å². The summed E-state index contributed by atoms with van der Waals surface area (Å²) in [5, 5.41) is 0. The molecular weight excluding hydrogens is 298 g/mol. The number of alkyl halides is 2. The number of fused-ring (bicyclic) bond motifs is 1. The zero-order valence-electron chi connectivity index (χ0n) is 12.1. The molecular formula is C14H16F2N2O4. The Labute approximate surface area is 126 Å². The summed E-state index contributed by atoms with van der Waals surface area (Å²) in [7, 11) is 1.57. The fourth-order valence-corrected chi connectivity index (χ4v) is 2.55. The van der Waals surface area contributed by atoms with Crippen LogP contribution >= 0.6 is 0 Å². The van der Waals surface area contributed by atoms with E-state index in [0.717, 1.165) is 0 Å². The van der Waals surface area contributed by atoms with Crippen LogP contribution in [0.5, 0.6) is 11.5 Å². The number of rotatable bonds is 5. The predicted molar refractivity (Wildman–Crippen MR) is 71.5 cm³/mol. The molecule has 22 heavy (non-hydrogen) atoms. The first kappa shape index (κ1) is 15.0. The lowest BCUT2D eigenvalue weighted by molar-refractivity contribution is -0.287. The molecule has 2 aliphatic rings. The lowest BCUT2D eigenvalue weighted by Crippen LogP contribution is -2.30. The second-order valence-corrected chi connectivity index (χ2v) is 5.19. The SMILES string of the molecule is COCCN1CN(Cc2cccc3c2OC(F)(F)O3)CC1=O. The molecule has 1 fully saturated rings. The van der Waals surface area contributed by atoms with Gasteiger partial charge in [0.1, 0.15) is 0 Å². The monoisotopic (exact) mass is 314 g/mol. The topological polar surface area (TPSA) is 51.2 Å². The summed E-state index contributed by atoms with van der Waals surface area (Å²) in [6.45, 7) is 1.98. The van der Waals surface area contributed by atoms with E-state index < -0.39 is 6.29 Å². The van der Waals surface area contributed by atoms with Gasteiger partial charge >= 0.3 is 6.29 Å². The predicted octanol–water partition coefficient (Wildman–Crippen LogP) is 1.26. The van der Waals surface area contributed by atoms with Crippen LogP contribution in [0.2, 0.25) is 0 Å². The van der Waals surface area contributed by atoms with Crippen molar-refractivity contribution in [1.29, 1.82) is 0 Å². The number of amides is 1. The van der Waals surface area contributed by atoms with Crippen LogP contribution in [0.3, 0.4) is 0 Å². The molecule has 1 aromatic rings. The van der Waals surface area contributed by atoms with E-state index >= 15 is 0 Å². The van der Waals surface area contributed by atoms with Crippen molar-refractivity contribution < 1.29 is 27.8 Å². The molecule has 2 heterocycles. The minimum atomic E-state index is -3.64. The molecule has 3 rings (SSSR count). The standard InChI is InChI=1S/C14H16F2N2O4/c1-20-6-5-18-9-17(8-12(18)19)7-10-3-2-4-11-13(10)22-14(15,16)21-11/h2-4H,5-9H2,1H3. The second kappa shape index (κ2) is 5.69. The van der Waals surface area contributed by atoms with Crippen molar-refractivity contribution in [2.24, 2.45) is 0 Å². The number of carbonyl (C=O) groups is 1. The molecule has 0 aromatic heterocycles. The van der Waals surface area contributed by atoms with Crippen LogP contribution < -0.4 is 9.47 Å². The molecule has 120 valence electrons. The van der Waals surface area contributed by atoms with Crippen LogP contribution in [-0.2, 0) is 16.1 Å². The summed E-state index contributed by atoms with van der Waals surface area (Å²) >= 11 is 0. The molecule has 1 amide bonds. The number of carbonyl (C=O) groups excluding carboxylic acids is 1. The Balaban J connectivity index is 1.68. The van der Waals surface area contributed by atoms with Crippen molar-refractivity contribution in [3.05, 3.63) is 23.8 Å². The number of ether oxygens (including phenoxy) is 3. The third-order valence-electron chi connectivity index (χ3n) is 3.55. The summed E-state index contributed by atoms with van der Waals surface area (Å²) in [5.74, 6) is 0.0478. The average molecular weight is 314 g/mol. The third-order valence-corrected chi connectivity index (χ3v) is 3.55. The van der Waals surface area contributed by atoms with Gasteiger partial charge in [-0.15, -0.1) is 8.78 Å². The van der Waals surface area contributed by atoms with E-state index in [1.54, 1.807) is 24.1 Å². The number of halogens is 2. The maximum Gasteiger partial charge on any atom is 0.586 e. The maximum atomic E-state index is 13.2. The summed E-state index contributed by atoms with van der Waals surface area (Å²) in [5.41, 5.74) is 0.566. The summed E-state index contributed by atoms with van der Waals surface area (Å²) < 4.78 is 40.3. The first-order valence-electron chi connectivity index (χ1n) is 6.85. The Hall–Kier alpha value is -1.93. The first-order chi connectivity index (χ1) is 10.5. The van der Waals surface area contributed by atoms with Crippen molar-refractivity contribution >= 4 is 5.91 Å². The van der Waals surface area contributed by atoms with Gasteiger partial charge in [0.15, 0.2) is 11.5 Å². The lowest BCUT2D eigenvalue weighted by atomic mass is 10.2.